The molecular weight excluding hydrogens is 310 g/mol. The van der Waals surface area contributed by atoms with E-state index in [2.05, 4.69) is 61.4 Å². The van der Waals surface area contributed by atoms with Gasteiger partial charge in [0.15, 0.2) is 5.96 Å². The summed E-state index contributed by atoms with van der Waals surface area (Å²) in [5, 5.41) is 3.16. The molecular formula is C21H29N3O. The Morgan fingerprint density at radius 2 is 1.68 bits per heavy atom. The fourth-order valence-electron chi connectivity index (χ4n) is 2.33. The van der Waals surface area contributed by atoms with E-state index in [0.29, 0.717) is 19.1 Å². The summed E-state index contributed by atoms with van der Waals surface area (Å²) in [7, 11) is 0. The zero-order chi connectivity index (χ0) is 18.1. The largest absolute Gasteiger partial charge is 0.371 e. The molecule has 0 saturated carbocycles. The van der Waals surface area contributed by atoms with Crippen LogP contribution in [0.2, 0.25) is 0 Å². The summed E-state index contributed by atoms with van der Waals surface area (Å²) in [5.41, 5.74) is 9.38. The van der Waals surface area contributed by atoms with Gasteiger partial charge in [-0.2, -0.15) is 0 Å². The number of nitrogens with zero attached hydrogens (tertiary/aromatic N) is 1. The average Bonchev–Trinajstić information content (AvgIpc) is 2.59. The van der Waals surface area contributed by atoms with Crippen molar-refractivity contribution in [2.24, 2.45) is 10.7 Å². The third-order valence-electron chi connectivity index (χ3n) is 3.66. The molecule has 2 aromatic carbocycles. The van der Waals surface area contributed by atoms with Gasteiger partial charge in [-0.15, -0.1) is 0 Å². The molecule has 0 aromatic heterocycles. The molecule has 0 radical (unpaired) electrons. The molecule has 4 heteroatoms. The van der Waals surface area contributed by atoms with Crippen LogP contribution in [0.5, 0.6) is 0 Å². The topological polar surface area (TPSA) is 59.6 Å². The van der Waals surface area contributed by atoms with Crippen LogP contribution in [0.25, 0.3) is 0 Å². The van der Waals surface area contributed by atoms with Gasteiger partial charge < -0.3 is 15.8 Å². The molecule has 4 nitrogen and oxygen atoms in total. The van der Waals surface area contributed by atoms with Crippen molar-refractivity contribution in [2.75, 3.05) is 6.54 Å². The monoisotopic (exact) mass is 339 g/mol. The molecule has 3 N–H and O–H groups in total. The number of guanidine groups is 1. The van der Waals surface area contributed by atoms with Crippen molar-refractivity contribution in [3.8, 4) is 0 Å². The van der Waals surface area contributed by atoms with Gasteiger partial charge in [0.2, 0.25) is 0 Å². The van der Waals surface area contributed by atoms with Crippen LogP contribution < -0.4 is 11.1 Å². The van der Waals surface area contributed by atoms with Crippen LogP contribution in [0.1, 0.15) is 37.5 Å². The third-order valence-corrected chi connectivity index (χ3v) is 3.66. The maximum absolute atomic E-state index is 5.95. The van der Waals surface area contributed by atoms with E-state index in [1.165, 1.54) is 5.56 Å². The van der Waals surface area contributed by atoms with E-state index < -0.39 is 0 Å². The van der Waals surface area contributed by atoms with Crippen molar-refractivity contribution in [3.05, 3.63) is 71.3 Å². The minimum Gasteiger partial charge on any atom is -0.371 e. The Labute approximate surface area is 151 Å². The van der Waals surface area contributed by atoms with Crippen LogP contribution >= 0.6 is 0 Å². The van der Waals surface area contributed by atoms with Crippen LogP contribution in [-0.2, 0) is 24.3 Å². The lowest BCUT2D eigenvalue weighted by Crippen LogP contribution is -2.33. The van der Waals surface area contributed by atoms with Crippen molar-refractivity contribution in [2.45, 2.75) is 45.9 Å². The first-order valence-corrected chi connectivity index (χ1v) is 8.72. The maximum Gasteiger partial charge on any atom is 0.188 e. The molecule has 25 heavy (non-hydrogen) atoms. The Kier molecular flexibility index (Phi) is 7.02. The smallest absolute Gasteiger partial charge is 0.188 e. The van der Waals surface area contributed by atoms with E-state index in [4.69, 9.17) is 10.5 Å². The molecule has 0 fully saturated rings. The quantitative estimate of drug-likeness (QED) is 0.598. The molecule has 0 spiro atoms. The Bertz CT molecular complexity index is 675. The van der Waals surface area contributed by atoms with Crippen molar-refractivity contribution in [3.63, 3.8) is 0 Å². The molecule has 0 bridgehead atoms. The number of hydrogen-bond donors (Lipinski definition) is 2. The first-order chi connectivity index (χ1) is 11.9. The molecule has 0 amide bonds. The predicted octanol–water partition coefficient (Wildman–Crippen LogP) is 3.65. The minimum absolute atomic E-state index is 0.138. The summed E-state index contributed by atoms with van der Waals surface area (Å²) >= 11 is 0. The lowest BCUT2D eigenvalue weighted by molar-refractivity contribution is -0.0149. The van der Waals surface area contributed by atoms with Crippen molar-refractivity contribution in [1.29, 1.82) is 0 Å². The molecule has 0 atom stereocenters. The van der Waals surface area contributed by atoms with Gasteiger partial charge in [-0.3, -0.25) is 0 Å². The lowest BCUT2D eigenvalue weighted by Gasteiger charge is -2.19. The number of aliphatic imine (C=N–C) groups is 1. The van der Waals surface area contributed by atoms with Crippen molar-refractivity contribution < 1.29 is 4.74 Å². The molecule has 0 aliphatic rings. The average molecular weight is 339 g/mol. The maximum atomic E-state index is 5.95. The SMILES string of the molecule is CC(C)(C)OCc1cccc(CN=C(N)NCCc2ccccc2)c1. The molecule has 0 aliphatic carbocycles. The van der Waals surface area contributed by atoms with Gasteiger partial charge in [0.05, 0.1) is 18.8 Å². The fraction of sp³-hybridized carbons (Fsp3) is 0.381. The van der Waals surface area contributed by atoms with E-state index >= 15 is 0 Å². The Hall–Kier alpha value is -2.33. The first-order valence-electron chi connectivity index (χ1n) is 8.72. The summed E-state index contributed by atoms with van der Waals surface area (Å²) in [6, 6.07) is 18.6. The van der Waals surface area contributed by atoms with Crippen LogP contribution in [0.15, 0.2) is 59.6 Å². The van der Waals surface area contributed by atoms with Gasteiger partial charge in [0.25, 0.3) is 0 Å². The second-order valence-corrected chi connectivity index (χ2v) is 7.08. The number of nitrogens with one attached hydrogen (secondary N) is 1. The van der Waals surface area contributed by atoms with E-state index in [1.54, 1.807) is 0 Å². The van der Waals surface area contributed by atoms with Gasteiger partial charge in [0.1, 0.15) is 0 Å². The Morgan fingerprint density at radius 1 is 1.00 bits per heavy atom. The second-order valence-electron chi connectivity index (χ2n) is 7.08. The fourth-order valence-corrected chi connectivity index (χ4v) is 2.33. The number of hydrogen-bond acceptors (Lipinski definition) is 2. The van der Waals surface area contributed by atoms with Gasteiger partial charge in [-0.1, -0.05) is 54.6 Å². The molecule has 2 aromatic rings. The summed E-state index contributed by atoms with van der Waals surface area (Å²) in [6.45, 7) is 8.12. The van der Waals surface area contributed by atoms with Crippen LogP contribution in [0, 0.1) is 0 Å². The standard InChI is InChI=1S/C21H29N3O/c1-21(2,3)25-16-19-11-7-10-18(14-19)15-24-20(22)23-13-12-17-8-5-4-6-9-17/h4-11,14H,12-13,15-16H2,1-3H3,(H3,22,23,24). The third kappa shape index (κ3) is 7.86. The summed E-state index contributed by atoms with van der Waals surface area (Å²) in [5.74, 6) is 0.479. The minimum atomic E-state index is -0.138. The number of ether oxygens (including phenoxy) is 1. The molecule has 0 heterocycles. The van der Waals surface area contributed by atoms with Gasteiger partial charge >= 0.3 is 0 Å². The normalized spacial score (nSPS) is 12.2. The first kappa shape index (κ1) is 19.0. The van der Waals surface area contributed by atoms with E-state index in [9.17, 15) is 0 Å². The van der Waals surface area contributed by atoms with Gasteiger partial charge in [-0.25, -0.2) is 4.99 Å². The molecule has 0 saturated heterocycles. The zero-order valence-corrected chi connectivity index (χ0v) is 15.5. The summed E-state index contributed by atoms with van der Waals surface area (Å²) < 4.78 is 5.82. The number of rotatable bonds is 7. The molecule has 2 rings (SSSR count). The summed E-state index contributed by atoms with van der Waals surface area (Å²) in [6.07, 6.45) is 0.927. The lowest BCUT2D eigenvalue weighted by atomic mass is 10.1. The van der Waals surface area contributed by atoms with Gasteiger partial charge in [0, 0.05) is 6.54 Å². The highest BCUT2D eigenvalue weighted by Gasteiger charge is 2.10. The molecule has 0 unspecified atom stereocenters. The highest BCUT2D eigenvalue weighted by atomic mass is 16.5. The Morgan fingerprint density at radius 3 is 2.40 bits per heavy atom. The second kappa shape index (κ2) is 9.23. The van der Waals surface area contributed by atoms with E-state index in [0.717, 1.165) is 24.1 Å². The zero-order valence-electron chi connectivity index (χ0n) is 15.5. The van der Waals surface area contributed by atoms with Crippen LogP contribution in [-0.4, -0.2) is 18.1 Å². The number of nitrogens with two attached hydrogens (primary N) is 1. The van der Waals surface area contributed by atoms with Crippen molar-refractivity contribution >= 4 is 5.96 Å². The Balaban J connectivity index is 1.79. The van der Waals surface area contributed by atoms with Crippen LogP contribution in [0.3, 0.4) is 0 Å². The van der Waals surface area contributed by atoms with Crippen molar-refractivity contribution in [1.82, 2.24) is 5.32 Å². The highest BCUT2D eigenvalue weighted by Crippen LogP contribution is 2.13. The predicted molar refractivity (Wildman–Crippen MR) is 104 cm³/mol. The molecule has 134 valence electrons. The van der Waals surface area contributed by atoms with E-state index in [-0.39, 0.29) is 5.60 Å². The van der Waals surface area contributed by atoms with Gasteiger partial charge in [-0.05, 0) is 43.9 Å². The molecule has 0 aliphatic heterocycles. The number of benzene rings is 2. The summed E-state index contributed by atoms with van der Waals surface area (Å²) in [4.78, 5) is 4.42. The van der Waals surface area contributed by atoms with E-state index in [1.807, 2.05) is 24.3 Å². The highest BCUT2D eigenvalue weighted by molar-refractivity contribution is 5.77. The van der Waals surface area contributed by atoms with Crippen LogP contribution in [0.4, 0.5) is 0 Å².